The largest absolute Gasteiger partial charge is 0.423 e. The Kier molecular flexibility index (Phi) is 3.32. The summed E-state index contributed by atoms with van der Waals surface area (Å²) in [5.41, 5.74) is 0. The normalized spacial score (nSPS) is 15.6. The lowest BCUT2D eigenvalue weighted by Crippen LogP contribution is -2.51. The van der Waals surface area contributed by atoms with Crippen LogP contribution in [0.25, 0.3) is 0 Å². The molecule has 0 spiro atoms. The Morgan fingerprint density at radius 2 is 0.800 bits per heavy atom. The molecule has 0 aliphatic carbocycles. The third kappa shape index (κ3) is 3.18. The Labute approximate surface area is 79.0 Å². The molecule has 1 nitrogen and oxygen atoms in total. The average molecular weight is 246 g/mol. The third-order valence-corrected chi connectivity index (χ3v) is 1.28. The van der Waals surface area contributed by atoms with Gasteiger partial charge in [0, 0.05) is 13.8 Å². The van der Waals surface area contributed by atoms with Gasteiger partial charge in [0.1, 0.15) is 0 Å². The van der Waals surface area contributed by atoms with E-state index in [1.54, 1.807) is 0 Å². The summed E-state index contributed by atoms with van der Waals surface area (Å²) in [6.45, 7) is -0.867. The molecule has 0 atom stereocenters. The van der Waals surface area contributed by atoms with E-state index in [2.05, 4.69) is 4.74 Å². The van der Waals surface area contributed by atoms with Gasteiger partial charge in [0.25, 0.3) is 0 Å². The molecule has 0 unspecified atom stereocenters. The summed E-state index contributed by atoms with van der Waals surface area (Å²) in [5.74, 6) is -10.00. The molecule has 0 heterocycles. The van der Waals surface area contributed by atoms with Crippen molar-refractivity contribution < 1.29 is 39.9 Å². The van der Waals surface area contributed by atoms with Crippen LogP contribution in [0.2, 0.25) is 0 Å². The summed E-state index contributed by atoms with van der Waals surface area (Å²) in [7, 11) is 0. The van der Waals surface area contributed by atoms with Gasteiger partial charge in [-0.15, -0.1) is 0 Å². The topological polar surface area (TPSA) is 9.23 Å². The molecule has 0 radical (unpaired) electrons. The maximum atomic E-state index is 12.2. The number of ether oxygens (including phenoxy) is 1. The fourth-order valence-corrected chi connectivity index (χ4v) is 0.340. The molecular weight excluding hydrogens is 240 g/mol. The van der Waals surface area contributed by atoms with Crippen LogP contribution in [0, 0.1) is 0 Å². The standard InChI is InChI=1S/C6H6F8O/c1-3(7,8)5(11,12)15-6(13,14)4(2,9)10/h1-2H3. The molecule has 0 fully saturated rings. The predicted molar refractivity (Wildman–Crippen MR) is 32.2 cm³/mol. The highest BCUT2D eigenvalue weighted by Crippen LogP contribution is 2.44. The first-order chi connectivity index (χ1) is 6.21. The second-order valence-corrected chi connectivity index (χ2v) is 2.91. The van der Waals surface area contributed by atoms with Gasteiger partial charge in [-0.05, 0) is 0 Å². The fraction of sp³-hybridized carbons (Fsp3) is 1.00. The molecule has 0 aromatic heterocycles. The molecule has 15 heavy (non-hydrogen) atoms. The van der Waals surface area contributed by atoms with Gasteiger partial charge in [0.2, 0.25) is 0 Å². The van der Waals surface area contributed by atoms with Gasteiger partial charge in [-0.1, -0.05) is 0 Å². The lowest BCUT2D eigenvalue weighted by Gasteiger charge is -2.29. The van der Waals surface area contributed by atoms with E-state index < -0.39 is 37.9 Å². The molecule has 9 heteroatoms. The van der Waals surface area contributed by atoms with Crippen LogP contribution in [0.15, 0.2) is 0 Å². The lowest BCUT2D eigenvalue weighted by atomic mass is 10.3. The van der Waals surface area contributed by atoms with E-state index in [1.807, 2.05) is 0 Å². The number of halogens is 8. The Morgan fingerprint density at radius 1 is 0.600 bits per heavy atom. The summed E-state index contributed by atoms with van der Waals surface area (Å²) >= 11 is 0. The minimum absolute atomic E-state index is 0.434. The van der Waals surface area contributed by atoms with Gasteiger partial charge < -0.3 is 0 Å². The molecule has 0 aliphatic rings. The van der Waals surface area contributed by atoms with Crippen LogP contribution >= 0.6 is 0 Å². The number of alkyl halides is 8. The summed E-state index contributed by atoms with van der Waals surface area (Å²) < 4.78 is 98.7. The molecule has 0 saturated carbocycles. The lowest BCUT2D eigenvalue weighted by molar-refractivity contribution is -0.462. The molecule has 0 bridgehead atoms. The van der Waals surface area contributed by atoms with Crippen molar-refractivity contribution in [1.29, 1.82) is 0 Å². The van der Waals surface area contributed by atoms with E-state index in [0.717, 1.165) is 0 Å². The van der Waals surface area contributed by atoms with Gasteiger partial charge in [-0.2, -0.15) is 35.1 Å². The van der Waals surface area contributed by atoms with Crippen LogP contribution in [0.4, 0.5) is 35.1 Å². The van der Waals surface area contributed by atoms with Crippen LogP contribution in [0.5, 0.6) is 0 Å². The second kappa shape index (κ2) is 3.46. The molecule has 0 aromatic carbocycles. The fourth-order valence-electron chi connectivity index (χ4n) is 0.340. The van der Waals surface area contributed by atoms with E-state index in [4.69, 9.17) is 0 Å². The van der Waals surface area contributed by atoms with Crippen molar-refractivity contribution in [3.63, 3.8) is 0 Å². The Morgan fingerprint density at radius 3 is 0.933 bits per heavy atom. The predicted octanol–water partition coefficient (Wildman–Crippen LogP) is 3.50. The summed E-state index contributed by atoms with van der Waals surface area (Å²) in [6.07, 6.45) is -11.4. The number of hydrogen-bond donors (Lipinski definition) is 0. The van der Waals surface area contributed by atoms with Crippen molar-refractivity contribution >= 4 is 0 Å². The van der Waals surface area contributed by atoms with Gasteiger partial charge >= 0.3 is 24.1 Å². The van der Waals surface area contributed by atoms with E-state index in [-0.39, 0.29) is 0 Å². The van der Waals surface area contributed by atoms with Gasteiger partial charge in [-0.25, -0.2) is 4.74 Å². The van der Waals surface area contributed by atoms with Crippen molar-refractivity contribution in [3.8, 4) is 0 Å². The minimum atomic E-state index is -5.68. The van der Waals surface area contributed by atoms with Crippen molar-refractivity contribution in [2.24, 2.45) is 0 Å². The third-order valence-electron chi connectivity index (χ3n) is 1.28. The van der Waals surface area contributed by atoms with Gasteiger partial charge in [0.05, 0.1) is 0 Å². The van der Waals surface area contributed by atoms with Crippen LogP contribution < -0.4 is 0 Å². The molecule has 0 saturated heterocycles. The molecule has 0 aliphatic heterocycles. The van der Waals surface area contributed by atoms with E-state index >= 15 is 0 Å². The van der Waals surface area contributed by atoms with Crippen LogP contribution in [-0.2, 0) is 4.74 Å². The summed E-state index contributed by atoms with van der Waals surface area (Å²) in [6, 6.07) is 0. The average Bonchev–Trinajstić information content (AvgIpc) is 1.77. The smallest absolute Gasteiger partial charge is 0.246 e. The second-order valence-electron chi connectivity index (χ2n) is 2.91. The molecular formula is C6H6F8O. The zero-order chi connectivity index (χ0) is 12.7. The number of rotatable bonds is 4. The van der Waals surface area contributed by atoms with Gasteiger partial charge in [-0.3, -0.25) is 0 Å². The number of hydrogen-bond acceptors (Lipinski definition) is 1. The Bertz CT molecular complexity index is 200. The van der Waals surface area contributed by atoms with E-state index in [1.165, 1.54) is 0 Å². The van der Waals surface area contributed by atoms with E-state index in [0.29, 0.717) is 0 Å². The quantitative estimate of drug-likeness (QED) is 0.690. The Balaban J connectivity index is 4.89. The molecule has 0 N–H and O–H groups in total. The first-order valence-electron chi connectivity index (χ1n) is 3.42. The Hall–Kier alpha value is -0.600. The van der Waals surface area contributed by atoms with Crippen LogP contribution in [-0.4, -0.2) is 24.1 Å². The zero-order valence-corrected chi connectivity index (χ0v) is 7.43. The van der Waals surface area contributed by atoms with Crippen molar-refractivity contribution in [2.45, 2.75) is 37.9 Å². The summed E-state index contributed by atoms with van der Waals surface area (Å²) in [4.78, 5) is 0. The maximum Gasteiger partial charge on any atom is 0.423 e. The highest BCUT2D eigenvalue weighted by atomic mass is 19.3. The minimum Gasteiger partial charge on any atom is -0.246 e. The van der Waals surface area contributed by atoms with Crippen molar-refractivity contribution in [1.82, 2.24) is 0 Å². The highest BCUT2D eigenvalue weighted by molar-refractivity contribution is 4.78. The molecule has 92 valence electrons. The van der Waals surface area contributed by atoms with Gasteiger partial charge in [0.15, 0.2) is 0 Å². The molecule has 0 amide bonds. The summed E-state index contributed by atoms with van der Waals surface area (Å²) in [5, 5.41) is 0. The zero-order valence-electron chi connectivity index (χ0n) is 7.43. The molecule has 0 rings (SSSR count). The molecule has 0 aromatic rings. The first kappa shape index (κ1) is 14.4. The first-order valence-corrected chi connectivity index (χ1v) is 3.42. The van der Waals surface area contributed by atoms with Crippen LogP contribution in [0.1, 0.15) is 13.8 Å². The highest BCUT2D eigenvalue weighted by Gasteiger charge is 2.65. The maximum absolute atomic E-state index is 12.2. The van der Waals surface area contributed by atoms with Crippen LogP contribution in [0.3, 0.4) is 0 Å². The monoisotopic (exact) mass is 246 g/mol. The van der Waals surface area contributed by atoms with Crippen molar-refractivity contribution in [3.05, 3.63) is 0 Å². The van der Waals surface area contributed by atoms with Crippen molar-refractivity contribution in [2.75, 3.05) is 0 Å². The van der Waals surface area contributed by atoms with E-state index in [9.17, 15) is 35.1 Å². The SMILES string of the molecule is CC(F)(F)C(F)(F)OC(F)(F)C(C)(F)F.